The van der Waals surface area contributed by atoms with Crippen molar-refractivity contribution in [3.05, 3.63) is 17.7 Å². The lowest BCUT2D eigenvalue weighted by Crippen LogP contribution is -2.17. The summed E-state index contributed by atoms with van der Waals surface area (Å²) in [6.07, 6.45) is 5.51. The summed E-state index contributed by atoms with van der Waals surface area (Å²) in [7, 11) is 6.00. The Hall–Kier alpha value is -2.77. The smallest absolute Gasteiger partial charge is 0.305 e. The molecule has 1 rings (SSSR count). The second kappa shape index (κ2) is 12.6. The van der Waals surface area contributed by atoms with E-state index in [2.05, 4.69) is 15.3 Å². The second-order valence-corrected chi connectivity index (χ2v) is 5.73. The van der Waals surface area contributed by atoms with Crippen molar-refractivity contribution in [2.24, 2.45) is 5.10 Å². The van der Waals surface area contributed by atoms with E-state index in [-0.39, 0.29) is 11.9 Å². The van der Waals surface area contributed by atoms with Crippen molar-refractivity contribution in [2.45, 2.75) is 38.5 Å². The van der Waals surface area contributed by atoms with Gasteiger partial charge in [-0.3, -0.25) is 9.59 Å². The van der Waals surface area contributed by atoms with Gasteiger partial charge in [-0.1, -0.05) is 12.8 Å². The SMILES string of the molecule is COC(=O)CCCCCCC(=O)N/N=C/c1c(OC)cc(OC)cc1OC. The molecular weight excluding hydrogens is 352 g/mol. The van der Waals surface area contributed by atoms with E-state index in [1.165, 1.54) is 27.5 Å². The van der Waals surface area contributed by atoms with Gasteiger partial charge in [0.05, 0.1) is 40.2 Å². The van der Waals surface area contributed by atoms with Crippen LogP contribution in [0.1, 0.15) is 44.1 Å². The highest BCUT2D eigenvalue weighted by Gasteiger charge is 2.11. The van der Waals surface area contributed by atoms with Gasteiger partial charge in [0.15, 0.2) is 0 Å². The van der Waals surface area contributed by atoms with Gasteiger partial charge in [0.25, 0.3) is 0 Å². The number of carbonyl (C=O) groups excluding carboxylic acids is 2. The van der Waals surface area contributed by atoms with Gasteiger partial charge in [0.2, 0.25) is 5.91 Å². The molecule has 0 aliphatic rings. The van der Waals surface area contributed by atoms with Crippen molar-refractivity contribution in [2.75, 3.05) is 28.4 Å². The molecule has 27 heavy (non-hydrogen) atoms. The number of nitrogens with one attached hydrogen (secondary N) is 1. The van der Waals surface area contributed by atoms with E-state index in [4.69, 9.17) is 14.2 Å². The average molecular weight is 380 g/mol. The molecule has 1 aromatic carbocycles. The molecule has 0 radical (unpaired) electrons. The molecule has 1 amide bonds. The number of rotatable bonds is 12. The molecule has 0 aliphatic heterocycles. The van der Waals surface area contributed by atoms with E-state index in [9.17, 15) is 9.59 Å². The Balaban J connectivity index is 2.45. The first kappa shape index (κ1) is 22.3. The summed E-state index contributed by atoms with van der Waals surface area (Å²) < 4.78 is 20.4. The summed E-state index contributed by atoms with van der Waals surface area (Å²) in [5.41, 5.74) is 3.10. The normalized spacial score (nSPS) is 10.5. The molecule has 0 fully saturated rings. The molecule has 1 N–H and O–H groups in total. The van der Waals surface area contributed by atoms with Crippen LogP contribution < -0.4 is 19.6 Å². The molecule has 0 bridgehead atoms. The van der Waals surface area contributed by atoms with E-state index >= 15 is 0 Å². The third-order valence-corrected chi connectivity index (χ3v) is 3.90. The molecule has 0 aliphatic carbocycles. The van der Waals surface area contributed by atoms with Crippen LogP contribution in [-0.2, 0) is 14.3 Å². The van der Waals surface area contributed by atoms with Gasteiger partial charge in [0.1, 0.15) is 17.2 Å². The Labute approximate surface area is 159 Å². The predicted octanol–water partition coefficient (Wildman–Crippen LogP) is 2.68. The lowest BCUT2D eigenvalue weighted by Gasteiger charge is -2.12. The Bertz CT molecular complexity index is 620. The lowest BCUT2D eigenvalue weighted by atomic mass is 10.1. The second-order valence-electron chi connectivity index (χ2n) is 5.73. The van der Waals surface area contributed by atoms with Crippen LogP contribution in [0.15, 0.2) is 17.2 Å². The van der Waals surface area contributed by atoms with E-state index in [0.29, 0.717) is 35.7 Å². The van der Waals surface area contributed by atoms with Crippen molar-refractivity contribution in [3.8, 4) is 17.2 Å². The van der Waals surface area contributed by atoms with E-state index in [1.54, 1.807) is 19.2 Å². The number of benzene rings is 1. The minimum atomic E-state index is -0.202. The van der Waals surface area contributed by atoms with Crippen LogP contribution >= 0.6 is 0 Å². The topological polar surface area (TPSA) is 95.5 Å². The van der Waals surface area contributed by atoms with Crippen LogP contribution in [0.2, 0.25) is 0 Å². The number of carbonyl (C=O) groups is 2. The molecule has 0 saturated carbocycles. The molecular formula is C19H28N2O6. The monoisotopic (exact) mass is 380 g/mol. The highest BCUT2D eigenvalue weighted by molar-refractivity contribution is 5.89. The number of hydrogen-bond acceptors (Lipinski definition) is 7. The largest absolute Gasteiger partial charge is 0.496 e. The van der Waals surface area contributed by atoms with Gasteiger partial charge in [-0.15, -0.1) is 0 Å². The molecule has 8 heteroatoms. The molecule has 0 aromatic heterocycles. The highest BCUT2D eigenvalue weighted by Crippen LogP contribution is 2.32. The molecule has 8 nitrogen and oxygen atoms in total. The zero-order valence-corrected chi connectivity index (χ0v) is 16.4. The number of hydrazone groups is 1. The van der Waals surface area contributed by atoms with Gasteiger partial charge < -0.3 is 18.9 Å². The van der Waals surface area contributed by atoms with Crippen LogP contribution in [0.3, 0.4) is 0 Å². The molecule has 0 atom stereocenters. The summed E-state index contributed by atoms with van der Waals surface area (Å²) in [6.45, 7) is 0. The van der Waals surface area contributed by atoms with Crippen LogP contribution in [0, 0.1) is 0 Å². The number of esters is 1. The Kier molecular flexibility index (Phi) is 10.4. The van der Waals surface area contributed by atoms with Gasteiger partial charge >= 0.3 is 5.97 Å². The number of hydrogen-bond donors (Lipinski definition) is 1. The van der Waals surface area contributed by atoms with Crippen molar-refractivity contribution < 1.29 is 28.5 Å². The average Bonchev–Trinajstić information content (AvgIpc) is 2.69. The van der Waals surface area contributed by atoms with Crippen molar-refractivity contribution in [1.29, 1.82) is 0 Å². The third kappa shape index (κ3) is 7.98. The van der Waals surface area contributed by atoms with Gasteiger partial charge in [-0.05, 0) is 12.8 Å². The first-order valence-electron chi connectivity index (χ1n) is 8.74. The summed E-state index contributed by atoms with van der Waals surface area (Å²) in [5.74, 6) is 1.26. The maximum atomic E-state index is 11.8. The standard InChI is InChI=1S/C19H28N2O6/c1-24-14-11-16(25-2)15(17(12-14)26-3)13-20-21-18(22)9-7-5-6-8-10-19(23)27-4/h11-13H,5-10H2,1-4H3,(H,21,22)/b20-13+. The summed E-state index contributed by atoms with van der Waals surface area (Å²) in [4.78, 5) is 22.8. The summed E-state index contributed by atoms with van der Waals surface area (Å²) in [5, 5.41) is 3.98. The maximum Gasteiger partial charge on any atom is 0.305 e. The lowest BCUT2D eigenvalue weighted by molar-refractivity contribution is -0.140. The predicted molar refractivity (Wildman–Crippen MR) is 102 cm³/mol. The number of nitrogens with zero attached hydrogens (tertiary/aromatic N) is 1. The maximum absolute atomic E-state index is 11.8. The number of methoxy groups -OCH3 is 4. The quantitative estimate of drug-likeness (QED) is 0.259. The van der Waals surface area contributed by atoms with Gasteiger partial charge in [0, 0.05) is 25.0 Å². The fourth-order valence-electron chi connectivity index (χ4n) is 2.40. The minimum Gasteiger partial charge on any atom is -0.496 e. The summed E-state index contributed by atoms with van der Waals surface area (Å²) >= 11 is 0. The van der Waals surface area contributed by atoms with E-state index in [1.807, 2.05) is 0 Å². The van der Waals surface area contributed by atoms with E-state index < -0.39 is 0 Å². The van der Waals surface area contributed by atoms with Crippen LogP contribution in [0.4, 0.5) is 0 Å². The van der Waals surface area contributed by atoms with Crippen LogP contribution in [0.5, 0.6) is 17.2 Å². The van der Waals surface area contributed by atoms with Crippen molar-refractivity contribution in [1.82, 2.24) is 5.43 Å². The zero-order chi connectivity index (χ0) is 20.1. The highest BCUT2D eigenvalue weighted by atomic mass is 16.5. The van der Waals surface area contributed by atoms with E-state index in [0.717, 1.165) is 25.7 Å². The van der Waals surface area contributed by atoms with Crippen LogP contribution in [-0.4, -0.2) is 46.5 Å². The Morgan fingerprint density at radius 2 is 1.52 bits per heavy atom. The fraction of sp³-hybridized carbons (Fsp3) is 0.526. The van der Waals surface area contributed by atoms with Crippen LogP contribution in [0.25, 0.3) is 0 Å². The fourth-order valence-corrected chi connectivity index (χ4v) is 2.40. The number of amides is 1. The van der Waals surface area contributed by atoms with Crippen molar-refractivity contribution in [3.63, 3.8) is 0 Å². The summed E-state index contributed by atoms with van der Waals surface area (Å²) in [6, 6.07) is 3.42. The molecule has 1 aromatic rings. The Morgan fingerprint density at radius 3 is 2.04 bits per heavy atom. The minimum absolute atomic E-state index is 0.175. The number of unbranched alkanes of at least 4 members (excludes halogenated alkanes) is 3. The molecule has 0 heterocycles. The number of ether oxygens (including phenoxy) is 4. The first-order chi connectivity index (χ1) is 13.0. The molecule has 150 valence electrons. The van der Waals surface area contributed by atoms with Crippen molar-refractivity contribution >= 4 is 18.1 Å². The Morgan fingerprint density at radius 1 is 0.926 bits per heavy atom. The molecule has 0 saturated heterocycles. The van der Waals surface area contributed by atoms with Gasteiger partial charge in [-0.25, -0.2) is 5.43 Å². The third-order valence-electron chi connectivity index (χ3n) is 3.90. The zero-order valence-electron chi connectivity index (χ0n) is 16.4. The van der Waals surface area contributed by atoms with Gasteiger partial charge in [-0.2, -0.15) is 5.10 Å². The molecule has 0 spiro atoms. The molecule has 0 unspecified atom stereocenters. The first-order valence-corrected chi connectivity index (χ1v) is 8.74.